The minimum absolute atomic E-state index is 0.0962. The Morgan fingerprint density at radius 1 is 1.31 bits per heavy atom. The number of hydrogen-bond acceptors (Lipinski definition) is 4. The molecule has 0 amide bonds. The summed E-state index contributed by atoms with van der Waals surface area (Å²) in [6, 6.07) is 3.06. The summed E-state index contributed by atoms with van der Waals surface area (Å²) in [5, 5.41) is 14.7. The third kappa shape index (κ3) is 1.65. The van der Waals surface area contributed by atoms with E-state index in [1.807, 2.05) is 13.8 Å². The highest BCUT2D eigenvalue weighted by atomic mass is 16.6. The van der Waals surface area contributed by atoms with Gasteiger partial charge in [0.1, 0.15) is 12.7 Å². The van der Waals surface area contributed by atoms with E-state index in [0.29, 0.717) is 0 Å². The van der Waals surface area contributed by atoms with Gasteiger partial charge in [-0.3, -0.25) is 10.1 Å². The van der Waals surface area contributed by atoms with E-state index in [4.69, 9.17) is 0 Å². The van der Waals surface area contributed by atoms with Gasteiger partial charge in [0.05, 0.1) is 10.6 Å². The second-order valence-electron chi connectivity index (χ2n) is 3.53. The smallest absolute Gasteiger partial charge is 0.258 e. The fourth-order valence-electron chi connectivity index (χ4n) is 1.72. The highest BCUT2D eigenvalue weighted by Gasteiger charge is 2.13. The van der Waals surface area contributed by atoms with E-state index in [9.17, 15) is 10.1 Å². The van der Waals surface area contributed by atoms with Crippen molar-refractivity contribution in [2.75, 3.05) is 0 Å². The van der Waals surface area contributed by atoms with Gasteiger partial charge in [-0.15, -0.1) is 0 Å². The van der Waals surface area contributed by atoms with Gasteiger partial charge in [0.2, 0.25) is 0 Å². The molecule has 82 valence electrons. The van der Waals surface area contributed by atoms with Crippen molar-refractivity contribution in [3.63, 3.8) is 0 Å². The number of benzene rings is 1. The minimum atomic E-state index is -0.398. The molecule has 1 aromatic carbocycles. The number of aromatic nitrogens is 3. The average Bonchev–Trinajstić information content (AvgIpc) is 2.69. The number of nitro benzene ring substituents is 1. The molecule has 16 heavy (non-hydrogen) atoms. The Morgan fingerprint density at radius 3 is 2.38 bits per heavy atom. The fraction of sp³-hybridized carbons (Fsp3) is 0.200. The summed E-state index contributed by atoms with van der Waals surface area (Å²) in [6.45, 7) is 3.63. The maximum Gasteiger partial charge on any atom is 0.270 e. The molecule has 0 unspecified atom stereocenters. The lowest BCUT2D eigenvalue weighted by Gasteiger charge is -2.08. The van der Waals surface area contributed by atoms with Crippen LogP contribution in [0.3, 0.4) is 0 Å². The van der Waals surface area contributed by atoms with Gasteiger partial charge in [-0.1, -0.05) is 0 Å². The Kier molecular flexibility index (Phi) is 2.40. The molecule has 0 spiro atoms. The first-order chi connectivity index (χ1) is 7.59. The van der Waals surface area contributed by atoms with E-state index in [1.165, 1.54) is 18.5 Å². The maximum atomic E-state index is 10.7. The molecule has 0 radical (unpaired) electrons. The van der Waals surface area contributed by atoms with Gasteiger partial charge < -0.3 is 0 Å². The van der Waals surface area contributed by atoms with Crippen molar-refractivity contribution in [1.29, 1.82) is 0 Å². The second-order valence-corrected chi connectivity index (χ2v) is 3.53. The minimum Gasteiger partial charge on any atom is -0.258 e. The Labute approximate surface area is 91.7 Å². The number of hydrogen-bond donors (Lipinski definition) is 0. The number of nitro groups is 1. The highest BCUT2D eigenvalue weighted by Crippen LogP contribution is 2.23. The summed E-state index contributed by atoms with van der Waals surface area (Å²) < 4.78 is 1.61. The molecule has 0 bridgehead atoms. The van der Waals surface area contributed by atoms with Crippen LogP contribution in [0, 0.1) is 24.0 Å². The number of rotatable bonds is 2. The highest BCUT2D eigenvalue weighted by molar-refractivity contribution is 5.52. The SMILES string of the molecule is Cc1cc([N+](=O)[O-])cc(C)c1-n1cncn1. The first-order valence-corrected chi connectivity index (χ1v) is 4.70. The Hall–Kier alpha value is -2.24. The van der Waals surface area contributed by atoms with Crippen LogP contribution in [0.2, 0.25) is 0 Å². The molecule has 0 aliphatic carbocycles. The second kappa shape index (κ2) is 3.73. The molecule has 1 heterocycles. The zero-order valence-electron chi connectivity index (χ0n) is 8.91. The molecule has 0 N–H and O–H groups in total. The molecule has 0 saturated heterocycles. The molecule has 0 saturated carbocycles. The van der Waals surface area contributed by atoms with Gasteiger partial charge in [0.25, 0.3) is 5.69 Å². The molecule has 2 rings (SSSR count). The molecule has 1 aromatic heterocycles. The van der Waals surface area contributed by atoms with Crippen LogP contribution >= 0.6 is 0 Å². The van der Waals surface area contributed by atoms with E-state index in [-0.39, 0.29) is 5.69 Å². The van der Waals surface area contributed by atoms with Crippen molar-refractivity contribution in [3.8, 4) is 5.69 Å². The number of nitrogens with zero attached hydrogens (tertiary/aromatic N) is 4. The number of aryl methyl sites for hydroxylation is 2. The molecule has 0 aliphatic heterocycles. The Balaban J connectivity index is 2.61. The predicted octanol–water partition coefficient (Wildman–Crippen LogP) is 1.79. The van der Waals surface area contributed by atoms with E-state index in [1.54, 1.807) is 11.0 Å². The van der Waals surface area contributed by atoms with Crippen LogP contribution in [0.5, 0.6) is 0 Å². The van der Waals surface area contributed by atoms with E-state index < -0.39 is 4.92 Å². The molecule has 2 aromatic rings. The van der Waals surface area contributed by atoms with E-state index in [0.717, 1.165) is 16.8 Å². The Bertz CT molecular complexity index is 511. The monoisotopic (exact) mass is 218 g/mol. The molecule has 6 heteroatoms. The van der Waals surface area contributed by atoms with Crippen LogP contribution in [-0.2, 0) is 0 Å². The fourth-order valence-corrected chi connectivity index (χ4v) is 1.72. The van der Waals surface area contributed by atoms with Crippen LogP contribution < -0.4 is 0 Å². The van der Waals surface area contributed by atoms with Crippen LogP contribution in [0.1, 0.15) is 11.1 Å². The van der Waals surface area contributed by atoms with Crippen molar-refractivity contribution in [2.24, 2.45) is 0 Å². The normalized spacial score (nSPS) is 10.4. The quantitative estimate of drug-likeness (QED) is 0.569. The zero-order valence-corrected chi connectivity index (χ0v) is 8.91. The summed E-state index contributed by atoms with van der Waals surface area (Å²) in [7, 11) is 0. The van der Waals surface area contributed by atoms with Gasteiger partial charge in [-0.05, 0) is 25.0 Å². The van der Waals surface area contributed by atoms with Crippen molar-refractivity contribution in [3.05, 3.63) is 46.0 Å². The topological polar surface area (TPSA) is 73.8 Å². The zero-order chi connectivity index (χ0) is 11.7. The summed E-state index contributed by atoms with van der Waals surface area (Å²) in [5.74, 6) is 0. The standard InChI is InChI=1S/C10H10N4O2/c1-7-3-9(14(15)16)4-8(2)10(7)13-6-11-5-12-13/h3-6H,1-2H3. The Morgan fingerprint density at radius 2 is 1.94 bits per heavy atom. The van der Waals surface area contributed by atoms with Gasteiger partial charge >= 0.3 is 0 Å². The lowest BCUT2D eigenvalue weighted by Crippen LogP contribution is -2.02. The molecule has 0 fully saturated rings. The molecule has 0 aliphatic rings. The summed E-state index contributed by atoms with van der Waals surface area (Å²) in [6.07, 6.45) is 3.00. The predicted molar refractivity (Wildman–Crippen MR) is 57.5 cm³/mol. The lowest BCUT2D eigenvalue weighted by atomic mass is 10.1. The lowest BCUT2D eigenvalue weighted by molar-refractivity contribution is -0.384. The van der Waals surface area contributed by atoms with Gasteiger partial charge in [0.15, 0.2) is 0 Å². The van der Waals surface area contributed by atoms with Crippen LogP contribution in [0.15, 0.2) is 24.8 Å². The van der Waals surface area contributed by atoms with Gasteiger partial charge in [-0.2, -0.15) is 5.10 Å². The van der Waals surface area contributed by atoms with E-state index in [2.05, 4.69) is 10.1 Å². The van der Waals surface area contributed by atoms with Crippen molar-refractivity contribution < 1.29 is 4.92 Å². The third-order valence-electron chi connectivity index (χ3n) is 2.33. The largest absolute Gasteiger partial charge is 0.270 e. The molecule has 0 atom stereocenters. The summed E-state index contributed by atoms with van der Waals surface area (Å²) in [4.78, 5) is 14.1. The molecule has 6 nitrogen and oxygen atoms in total. The summed E-state index contributed by atoms with van der Waals surface area (Å²) in [5.41, 5.74) is 2.54. The van der Waals surface area contributed by atoms with Crippen LogP contribution in [-0.4, -0.2) is 19.7 Å². The van der Waals surface area contributed by atoms with E-state index >= 15 is 0 Å². The van der Waals surface area contributed by atoms with Gasteiger partial charge in [-0.25, -0.2) is 9.67 Å². The maximum absolute atomic E-state index is 10.7. The number of non-ortho nitro benzene ring substituents is 1. The van der Waals surface area contributed by atoms with Gasteiger partial charge in [0, 0.05) is 12.1 Å². The average molecular weight is 218 g/mol. The van der Waals surface area contributed by atoms with Crippen molar-refractivity contribution in [1.82, 2.24) is 14.8 Å². The van der Waals surface area contributed by atoms with Crippen molar-refractivity contribution >= 4 is 5.69 Å². The van der Waals surface area contributed by atoms with Crippen LogP contribution in [0.4, 0.5) is 5.69 Å². The first kappa shape index (κ1) is 10.3. The van der Waals surface area contributed by atoms with Crippen LogP contribution in [0.25, 0.3) is 5.69 Å². The summed E-state index contributed by atoms with van der Waals surface area (Å²) >= 11 is 0. The first-order valence-electron chi connectivity index (χ1n) is 4.70. The molecular weight excluding hydrogens is 208 g/mol. The third-order valence-corrected chi connectivity index (χ3v) is 2.33. The molecular formula is C10H10N4O2. The van der Waals surface area contributed by atoms with Crippen molar-refractivity contribution in [2.45, 2.75) is 13.8 Å².